The number of rotatable bonds is 8. The molecule has 0 aliphatic carbocycles. The molecule has 2 amide bonds. The first-order chi connectivity index (χ1) is 17.6. The Hall–Kier alpha value is -4.38. The Bertz CT molecular complexity index is 1290. The molecule has 2 aromatic carbocycles. The van der Waals surface area contributed by atoms with E-state index in [9.17, 15) is 34.4 Å². The van der Waals surface area contributed by atoms with E-state index in [0.717, 1.165) is 4.90 Å². The third kappa shape index (κ3) is 4.38. The van der Waals surface area contributed by atoms with Crippen LogP contribution in [0, 0.1) is 22.0 Å². The monoisotopic (exact) mass is 507 g/mol. The van der Waals surface area contributed by atoms with Crippen LogP contribution in [0.5, 0.6) is 0 Å². The second-order valence-corrected chi connectivity index (χ2v) is 8.97. The largest absolute Gasteiger partial charge is 0.480 e. The summed E-state index contributed by atoms with van der Waals surface area (Å²) in [4.78, 5) is 63.3. The number of imide groups is 1. The molecule has 192 valence electrons. The number of carboxylic acids is 1. The van der Waals surface area contributed by atoms with E-state index in [-0.39, 0.29) is 24.2 Å². The lowest BCUT2D eigenvalue weighted by atomic mass is 9.76. The zero-order valence-electron chi connectivity index (χ0n) is 20.1. The van der Waals surface area contributed by atoms with Crippen LogP contribution in [0.2, 0.25) is 0 Å². The van der Waals surface area contributed by atoms with Crippen molar-refractivity contribution in [3.05, 3.63) is 87.5 Å². The van der Waals surface area contributed by atoms with E-state index in [1.165, 1.54) is 43.5 Å². The number of carbonyl (C=O) groups excluding carboxylic acids is 3. The van der Waals surface area contributed by atoms with Crippen molar-refractivity contribution < 1.29 is 33.9 Å². The predicted molar refractivity (Wildman–Crippen MR) is 129 cm³/mol. The van der Waals surface area contributed by atoms with Crippen molar-refractivity contribution in [1.29, 1.82) is 0 Å². The Morgan fingerprint density at radius 3 is 2.32 bits per heavy atom. The van der Waals surface area contributed by atoms with Gasteiger partial charge >= 0.3 is 11.9 Å². The number of non-ortho nitro benzene ring substituents is 1. The van der Waals surface area contributed by atoms with Gasteiger partial charge in [-0.15, -0.1) is 0 Å². The highest BCUT2D eigenvalue weighted by Crippen LogP contribution is 2.50. The Morgan fingerprint density at radius 1 is 1.14 bits per heavy atom. The summed E-state index contributed by atoms with van der Waals surface area (Å²) in [5.74, 6) is -5.18. The number of ether oxygens (including phenoxy) is 1. The molecule has 0 saturated carbocycles. The van der Waals surface area contributed by atoms with Gasteiger partial charge in [-0.2, -0.15) is 0 Å². The number of nitro benzene ring substituents is 1. The molecule has 2 aliphatic rings. The summed E-state index contributed by atoms with van der Waals surface area (Å²) < 4.78 is 4.72. The third-order valence-electron chi connectivity index (χ3n) is 6.97. The Kier molecular flexibility index (Phi) is 6.90. The van der Waals surface area contributed by atoms with E-state index in [1.807, 2.05) is 0 Å². The highest BCUT2D eigenvalue weighted by Gasteiger charge is 2.68. The zero-order valence-corrected chi connectivity index (χ0v) is 20.1. The van der Waals surface area contributed by atoms with Gasteiger partial charge in [0, 0.05) is 31.1 Å². The van der Waals surface area contributed by atoms with E-state index in [0.29, 0.717) is 11.1 Å². The Balaban J connectivity index is 1.79. The van der Waals surface area contributed by atoms with Crippen LogP contribution in [0.15, 0.2) is 60.7 Å². The minimum Gasteiger partial charge on any atom is -0.480 e. The lowest BCUT2D eigenvalue weighted by Gasteiger charge is -2.31. The average Bonchev–Trinajstić information content (AvgIpc) is 3.36. The molecular weight excluding hydrogens is 482 g/mol. The number of allylic oxidation sites excluding steroid dienone is 1. The van der Waals surface area contributed by atoms with Gasteiger partial charge < -0.3 is 9.84 Å². The van der Waals surface area contributed by atoms with E-state index in [2.05, 4.69) is 5.32 Å². The fourth-order valence-electron chi connectivity index (χ4n) is 5.18. The number of carboxylic acid groups (broad SMARTS) is 1. The predicted octanol–water partition coefficient (Wildman–Crippen LogP) is 2.27. The molecular formula is C26H25N3O8. The number of nitrogens with one attached hydrogen (secondary N) is 1. The van der Waals surface area contributed by atoms with Gasteiger partial charge in [-0.1, -0.05) is 36.4 Å². The molecule has 2 saturated heterocycles. The van der Waals surface area contributed by atoms with Crippen LogP contribution in [0.1, 0.15) is 34.5 Å². The molecule has 2 N–H and O–H groups in total. The first-order valence-electron chi connectivity index (χ1n) is 11.5. The molecule has 4 unspecified atom stereocenters. The number of amides is 2. The van der Waals surface area contributed by atoms with Gasteiger partial charge in [-0.25, -0.2) is 4.79 Å². The van der Waals surface area contributed by atoms with Crippen LogP contribution in [0.25, 0.3) is 0 Å². The molecule has 11 heteroatoms. The van der Waals surface area contributed by atoms with Gasteiger partial charge in [0.25, 0.3) is 5.69 Å². The summed E-state index contributed by atoms with van der Waals surface area (Å²) in [7, 11) is 1.25. The maximum atomic E-state index is 13.5. The summed E-state index contributed by atoms with van der Waals surface area (Å²) in [6.07, 6.45) is 3.15. The highest BCUT2D eigenvalue weighted by molar-refractivity contribution is 6.09. The molecule has 2 aliphatic heterocycles. The van der Waals surface area contributed by atoms with Crippen LogP contribution in [0.4, 0.5) is 5.69 Å². The summed E-state index contributed by atoms with van der Waals surface area (Å²) in [6, 6.07) is 10.8. The van der Waals surface area contributed by atoms with Crippen molar-refractivity contribution in [2.75, 3.05) is 13.7 Å². The highest BCUT2D eigenvalue weighted by atomic mass is 16.6. The molecule has 2 fully saturated rings. The number of aliphatic carboxylic acids is 1. The number of benzene rings is 2. The molecule has 11 nitrogen and oxygen atoms in total. The van der Waals surface area contributed by atoms with Gasteiger partial charge in [-0.05, 0) is 30.2 Å². The van der Waals surface area contributed by atoms with Crippen LogP contribution >= 0.6 is 0 Å². The molecule has 0 radical (unpaired) electrons. The van der Waals surface area contributed by atoms with Gasteiger partial charge in [-0.3, -0.25) is 34.7 Å². The van der Waals surface area contributed by atoms with Crippen molar-refractivity contribution in [2.45, 2.75) is 24.9 Å². The summed E-state index contributed by atoms with van der Waals surface area (Å²) in [5, 5.41) is 24.6. The number of carbonyl (C=O) groups is 4. The molecule has 2 aromatic rings. The lowest BCUT2D eigenvalue weighted by molar-refractivity contribution is -0.384. The smallest absolute Gasteiger partial charge is 0.337 e. The van der Waals surface area contributed by atoms with Crippen molar-refractivity contribution in [1.82, 2.24) is 10.2 Å². The molecule has 0 spiro atoms. The molecule has 4 rings (SSSR count). The van der Waals surface area contributed by atoms with Gasteiger partial charge in [0.15, 0.2) is 0 Å². The minimum atomic E-state index is -1.86. The van der Waals surface area contributed by atoms with Gasteiger partial charge in [0.05, 0.1) is 29.4 Å². The summed E-state index contributed by atoms with van der Waals surface area (Å²) in [5.41, 5.74) is -0.751. The summed E-state index contributed by atoms with van der Waals surface area (Å²) >= 11 is 0. The van der Waals surface area contributed by atoms with Gasteiger partial charge in [0.1, 0.15) is 5.54 Å². The molecule has 0 aromatic heterocycles. The quantitative estimate of drug-likeness (QED) is 0.180. The standard InChI is InChI=1S/C26H25N3O8/c1-3-4-13-28-22(30)19-20(23(28)31)26(25(33)34,14-15-5-11-18(12-6-15)29(35)36)27-21(19)16-7-9-17(10-8-16)24(32)37-2/h3-12,19-21,27H,13-14H2,1-2H3,(H,33,34). The zero-order chi connectivity index (χ0) is 26.9. The Morgan fingerprint density at radius 2 is 1.78 bits per heavy atom. The third-order valence-corrected chi connectivity index (χ3v) is 6.97. The molecule has 0 bridgehead atoms. The van der Waals surface area contributed by atoms with Crippen molar-refractivity contribution >= 4 is 29.4 Å². The Labute approximate surface area is 211 Å². The number of esters is 1. The number of likely N-dealkylation sites (tertiary alicyclic amines) is 1. The first kappa shape index (κ1) is 25.7. The van der Waals surface area contributed by atoms with E-state index in [1.54, 1.807) is 31.2 Å². The normalized spacial score (nSPS) is 24.9. The van der Waals surface area contributed by atoms with Gasteiger partial charge in [0.2, 0.25) is 11.8 Å². The van der Waals surface area contributed by atoms with E-state index < -0.39 is 52.1 Å². The van der Waals surface area contributed by atoms with Crippen molar-refractivity contribution in [3.63, 3.8) is 0 Å². The van der Waals surface area contributed by atoms with Crippen molar-refractivity contribution in [3.8, 4) is 0 Å². The second kappa shape index (κ2) is 9.94. The second-order valence-electron chi connectivity index (χ2n) is 8.97. The number of hydrogen-bond acceptors (Lipinski definition) is 8. The number of fused-ring (bicyclic) bond motifs is 1. The molecule has 37 heavy (non-hydrogen) atoms. The minimum absolute atomic E-state index is 0.0163. The average molecular weight is 507 g/mol. The maximum absolute atomic E-state index is 13.5. The number of nitro groups is 1. The van der Waals surface area contributed by atoms with E-state index >= 15 is 0 Å². The maximum Gasteiger partial charge on any atom is 0.337 e. The van der Waals surface area contributed by atoms with Crippen LogP contribution in [-0.4, -0.2) is 57.9 Å². The number of hydrogen-bond donors (Lipinski definition) is 2. The first-order valence-corrected chi connectivity index (χ1v) is 11.5. The van der Waals surface area contributed by atoms with Crippen LogP contribution < -0.4 is 5.32 Å². The number of methoxy groups -OCH3 is 1. The van der Waals surface area contributed by atoms with Crippen LogP contribution in [0.3, 0.4) is 0 Å². The lowest BCUT2D eigenvalue weighted by Crippen LogP contribution is -2.57. The summed E-state index contributed by atoms with van der Waals surface area (Å²) in [6.45, 7) is 1.76. The fraction of sp³-hybridized carbons (Fsp3) is 0.308. The SMILES string of the molecule is CC=CCN1C(=O)C2C(c3ccc(C(=O)OC)cc3)NC(Cc3ccc([N+](=O)[O-])cc3)(C(=O)O)C2C1=O. The molecule has 2 heterocycles. The topological polar surface area (TPSA) is 156 Å². The number of nitrogens with zero attached hydrogens (tertiary/aromatic N) is 2. The van der Waals surface area contributed by atoms with Crippen molar-refractivity contribution in [2.24, 2.45) is 11.8 Å². The fourth-order valence-corrected chi connectivity index (χ4v) is 5.18. The molecule has 4 atom stereocenters. The van der Waals surface area contributed by atoms with Crippen LogP contribution in [-0.2, 0) is 25.5 Å². The van der Waals surface area contributed by atoms with E-state index in [4.69, 9.17) is 4.74 Å².